The van der Waals surface area contributed by atoms with E-state index in [4.69, 9.17) is 4.74 Å². The van der Waals surface area contributed by atoms with E-state index in [1.807, 2.05) is 30.3 Å². The number of fused-ring (bicyclic) bond motifs is 1. The summed E-state index contributed by atoms with van der Waals surface area (Å²) < 4.78 is 20.1. The van der Waals surface area contributed by atoms with Crippen molar-refractivity contribution in [1.82, 2.24) is 15.1 Å². The Bertz CT molecular complexity index is 1030. The standard InChI is InChI=1S/C22H20FN3O3/c23-16-9-11-17(12-10-16)26-19-8-4-7-18(19)21(25-26)22(28)24-13-20(27)29-14-15-5-2-1-3-6-15/h1-3,5-6,9-12H,4,7-8,13-14H2,(H,24,28). The number of nitrogens with one attached hydrogen (secondary N) is 1. The lowest BCUT2D eigenvalue weighted by molar-refractivity contribution is -0.143. The first kappa shape index (κ1) is 18.9. The van der Waals surface area contributed by atoms with E-state index in [9.17, 15) is 14.0 Å². The highest BCUT2D eigenvalue weighted by molar-refractivity contribution is 5.96. The Balaban J connectivity index is 1.42. The third kappa shape index (κ3) is 4.18. The number of amides is 1. The average molecular weight is 393 g/mol. The third-order valence-electron chi connectivity index (χ3n) is 4.85. The number of esters is 1. The fourth-order valence-corrected chi connectivity index (χ4v) is 3.44. The molecule has 0 saturated heterocycles. The van der Waals surface area contributed by atoms with E-state index in [0.717, 1.165) is 36.1 Å². The Morgan fingerprint density at radius 1 is 1.07 bits per heavy atom. The highest BCUT2D eigenvalue weighted by atomic mass is 19.1. The zero-order chi connectivity index (χ0) is 20.2. The predicted octanol–water partition coefficient (Wildman–Crippen LogP) is 2.97. The van der Waals surface area contributed by atoms with Gasteiger partial charge in [0.25, 0.3) is 5.91 Å². The van der Waals surface area contributed by atoms with Crippen molar-refractivity contribution in [1.29, 1.82) is 0 Å². The van der Waals surface area contributed by atoms with E-state index in [2.05, 4.69) is 10.4 Å². The molecular weight excluding hydrogens is 373 g/mol. The van der Waals surface area contributed by atoms with E-state index in [1.54, 1.807) is 16.8 Å². The van der Waals surface area contributed by atoms with Crippen molar-refractivity contribution in [3.8, 4) is 5.69 Å². The number of carbonyl (C=O) groups excluding carboxylic acids is 2. The van der Waals surface area contributed by atoms with E-state index < -0.39 is 11.9 Å². The molecule has 0 atom stereocenters. The number of hydrogen-bond acceptors (Lipinski definition) is 4. The maximum Gasteiger partial charge on any atom is 0.325 e. The number of halogens is 1. The molecule has 1 heterocycles. The molecule has 6 nitrogen and oxygen atoms in total. The molecule has 0 unspecified atom stereocenters. The summed E-state index contributed by atoms with van der Waals surface area (Å²) in [7, 11) is 0. The molecule has 148 valence electrons. The molecule has 0 fully saturated rings. The molecule has 29 heavy (non-hydrogen) atoms. The Hall–Kier alpha value is -3.48. The van der Waals surface area contributed by atoms with Crippen molar-refractivity contribution < 1.29 is 18.7 Å². The number of ether oxygens (including phenoxy) is 1. The summed E-state index contributed by atoms with van der Waals surface area (Å²) >= 11 is 0. The summed E-state index contributed by atoms with van der Waals surface area (Å²) in [5.41, 5.74) is 3.71. The molecule has 2 aromatic carbocycles. The summed E-state index contributed by atoms with van der Waals surface area (Å²) in [4.78, 5) is 24.6. The van der Waals surface area contributed by atoms with Crippen LogP contribution in [0.3, 0.4) is 0 Å². The van der Waals surface area contributed by atoms with Crippen LogP contribution in [0.15, 0.2) is 54.6 Å². The molecule has 0 aliphatic heterocycles. The lowest BCUT2D eigenvalue weighted by atomic mass is 10.2. The molecule has 1 aromatic heterocycles. The maximum atomic E-state index is 13.2. The normalized spacial score (nSPS) is 12.4. The Morgan fingerprint density at radius 3 is 2.59 bits per heavy atom. The van der Waals surface area contributed by atoms with Gasteiger partial charge in [0.05, 0.1) is 5.69 Å². The quantitative estimate of drug-likeness (QED) is 0.654. The van der Waals surface area contributed by atoms with E-state index in [1.165, 1.54) is 12.1 Å². The minimum atomic E-state index is -0.517. The zero-order valence-corrected chi connectivity index (χ0v) is 15.7. The van der Waals surface area contributed by atoms with E-state index >= 15 is 0 Å². The molecule has 3 aromatic rings. The van der Waals surface area contributed by atoms with Gasteiger partial charge in [0.15, 0.2) is 5.69 Å². The molecule has 0 radical (unpaired) electrons. The summed E-state index contributed by atoms with van der Waals surface area (Å²) in [5, 5.41) is 7.02. The van der Waals surface area contributed by atoms with Gasteiger partial charge in [0.1, 0.15) is 19.0 Å². The second kappa shape index (κ2) is 8.26. The fraction of sp³-hybridized carbons (Fsp3) is 0.227. The first-order valence-electron chi connectivity index (χ1n) is 9.46. The monoisotopic (exact) mass is 393 g/mol. The van der Waals surface area contributed by atoms with Crippen LogP contribution in [0.25, 0.3) is 5.69 Å². The van der Waals surface area contributed by atoms with Crippen molar-refractivity contribution in [3.05, 3.63) is 82.9 Å². The Labute approximate surface area is 167 Å². The molecule has 0 bridgehead atoms. The van der Waals surface area contributed by atoms with Gasteiger partial charge < -0.3 is 10.1 Å². The van der Waals surface area contributed by atoms with Crippen LogP contribution >= 0.6 is 0 Å². The zero-order valence-electron chi connectivity index (χ0n) is 15.7. The average Bonchev–Trinajstić information content (AvgIpc) is 3.35. The summed E-state index contributed by atoms with van der Waals surface area (Å²) in [6, 6.07) is 15.3. The van der Waals surface area contributed by atoms with Crippen molar-refractivity contribution in [2.75, 3.05) is 6.54 Å². The van der Waals surface area contributed by atoms with Crippen molar-refractivity contribution in [3.63, 3.8) is 0 Å². The molecule has 1 aliphatic rings. The first-order chi connectivity index (χ1) is 14.1. The largest absolute Gasteiger partial charge is 0.460 e. The number of rotatable bonds is 6. The molecular formula is C22H20FN3O3. The Kier molecular flexibility index (Phi) is 5.37. The number of carbonyl (C=O) groups is 2. The fourth-order valence-electron chi connectivity index (χ4n) is 3.44. The molecule has 1 aliphatic carbocycles. The topological polar surface area (TPSA) is 73.2 Å². The minimum Gasteiger partial charge on any atom is -0.460 e. The van der Waals surface area contributed by atoms with Crippen LogP contribution in [0.2, 0.25) is 0 Å². The van der Waals surface area contributed by atoms with E-state index in [-0.39, 0.29) is 19.0 Å². The Morgan fingerprint density at radius 2 is 1.83 bits per heavy atom. The van der Waals surface area contributed by atoms with Gasteiger partial charge >= 0.3 is 5.97 Å². The maximum absolute atomic E-state index is 13.2. The van der Waals surface area contributed by atoms with Gasteiger partial charge in [0.2, 0.25) is 0 Å². The SMILES string of the molecule is O=C(CNC(=O)c1nn(-c2ccc(F)cc2)c2c1CCC2)OCc1ccccc1. The van der Waals surface area contributed by atoms with Crippen molar-refractivity contribution >= 4 is 11.9 Å². The smallest absolute Gasteiger partial charge is 0.325 e. The van der Waals surface area contributed by atoms with Gasteiger partial charge in [-0.3, -0.25) is 9.59 Å². The van der Waals surface area contributed by atoms with Gasteiger partial charge in [-0.05, 0) is 49.1 Å². The third-order valence-corrected chi connectivity index (χ3v) is 4.85. The number of nitrogens with zero attached hydrogens (tertiary/aromatic N) is 2. The lowest BCUT2D eigenvalue weighted by Gasteiger charge is -2.06. The summed E-state index contributed by atoms with van der Waals surface area (Å²) in [5.74, 6) is -1.26. The van der Waals surface area contributed by atoms with Crippen LogP contribution in [-0.4, -0.2) is 28.2 Å². The van der Waals surface area contributed by atoms with Crippen molar-refractivity contribution in [2.45, 2.75) is 25.9 Å². The predicted molar refractivity (Wildman–Crippen MR) is 104 cm³/mol. The number of aromatic nitrogens is 2. The lowest BCUT2D eigenvalue weighted by Crippen LogP contribution is -2.31. The highest BCUT2D eigenvalue weighted by Crippen LogP contribution is 2.27. The second-order valence-corrected chi connectivity index (χ2v) is 6.84. The van der Waals surface area contributed by atoms with Gasteiger partial charge in [-0.1, -0.05) is 30.3 Å². The first-order valence-corrected chi connectivity index (χ1v) is 9.46. The van der Waals surface area contributed by atoms with Crippen LogP contribution in [0.1, 0.15) is 33.7 Å². The minimum absolute atomic E-state index is 0.157. The van der Waals surface area contributed by atoms with Gasteiger partial charge in [-0.25, -0.2) is 9.07 Å². The van der Waals surface area contributed by atoms with Crippen molar-refractivity contribution in [2.24, 2.45) is 0 Å². The van der Waals surface area contributed by atoms with Gasteiger partial charge in [0, 0.05) is 11.3 Å². The molecule has 1 N–H and O–H groups in total. The van der Waals surface area contributed by atoms with Crippen LogP contribution in [-0.2, 0) is 29.0 Å². The van der Waals surface area contributed by atoms with Crippen LogP contribution < -0.4 is 5.32 Å². The van der Waals surface area contributed by atoms with Gasteiger partial charge in [-0.2, -0.15) is 5.10 Å². The van der Waals surface area contributed by atoms with Crippen LogP contribution in [0, 0.1) is 5.82 Å². The second-order valence-electron chi connectivity index (χ2n) is 6.84. The molecule has 7 heteroatoms. The molecule has 0 spiro atoms. The summed E-state index contributed by atoms with van der Waals surface area (Å²) in [6.07, 6.45) is 2.47. The number of hydrogen-bond donors (Lipinski definition) is 1. The molecule has 4 rings (SSSR count). The molecule has 0 saturated carbocycles. The van der Waals surface area contributed by atoms with Crippen LogP contribution in [0.5, 0.6) is 0 Å². The molecule has 1 amide bonds. The van der Waals surface area contributed by atoms with Crippen LogP contribution in [0.4, 0.5) is 4.39 Å². The highest BCUT2D eigenvalue weighted by Gasteiger charge is 2.27. The van der Waals surface area contributed by atoms with E-state index in [0.29, 0.717) is 11.4 Å². The van der Waals surface area contributed by atoms with Gasteiger partial charge in [-0.15, -0.1) is 0 Å². The summed E-state index contributed by atoms with van der Waals surface area (Å²) in [6.45, 7) is -0.0754. The number of benzene rings is 2.